The van der Waals surface area contributed by atoms with Crippen molar-refractivity contribution in [3.05, 3.63) is 29.8 Å². The maximum absolute atomic E-state index is 11.6. The lowest BCUT2D eigenvalue weighted by Crippen LogP contribution is -2.32. The zero-order valence-corrected chi connectivity index (χ0v) is 12.3. The van der Waals surface area contributed by atoms with Crippen molar-refractivity contribution in [2.45, 2.75) is 27.3 Å². The van der Waals surface area contributed by atoms with Gasteiger partial charge < -0.3 is 16.4 Å². The molecule has 0 aliphatic carbocycles. The van der Waals surface area contributed by atoms with Crippen LogP contribution in [0.4, 0.5) is 5.69 Å². The molecule has 0 aliphatic heterocycles. The highest BCUT2D eigenvalue weighted by Crippen LogP contribution is 2.12. The highest BCUT2D eigenvalue weighted by molar-refractivity contribution is 5.92. The average molecular weight is 277 g/mol. The molecule has 0 saturated carbocycles. The molecule has 0 radical (unpaired) electrons. The number of benzene rings is 1. The fraction of sp³-hybridized carbons (Fsp3) is 0.467. The summed E-state index contributed by atoms with van der Waals surface area (Å²) in [4.78, 5) is 23.3. The number of nitrogens with one attached hydrogen (secondary N) is 2. The van der Waals surface area contributed by atoms with E-state index in [0.717, 1.165) is 11.3 Å². The average Bonchev–Trinajstić information content (AvgIpc) is 2.44. The summed E-state index contributed by atoms with van der Waals surface area (Å²) in [6, 6.07) is 7.43. The third-order valence-corrected chi connectivity index (χ3v) is 2.99. The second-order valence-electron chi connectivity index (χ2n) is 5.20. The monoisotopic (exact) mass is 277 g/mol. The van der Waals surface area contributed by atoms with Gasteiger partial charge in [-0.1, -0.05) is 32.9 Å². The fourth-order valence-electron chi connectivity index (χ4n) is 1.52. The fourth-order valence-corrected chi connectivity index (χ4v) is 1.52. The Labute approximate surface area is 119 Å². The van der Waals surface area contributed by atoms with Crippen molar-refractivity contribution < 1.29 is 9.59 Å². The van der Waals surface area contributed by atoms with Crippen molar-refractivity contribution in [2.75, 3.05) is 11.9 Å². The second kappa shape index (κ2) is 7.65. The van der Waals surface area contributed by atoms with Crippen LogP contribution >= 0.6 is 0 Å². The second-order valence-corrected chi connectivity index (χ2v) is 5.20. The molecule has 20 heavy (non-hydrogen) atoms. The molecular weight excluding hydrogens is 254 g/mol. The van der Waals surface area contributed by atoms with Crippen LogP contribution in [0.1, 0.15) is 26.3 Å². The third-order valence-electron chi connectivity index (χ3n) is 2.99. The first kappa shape index (κ1) is 16.2. The van der Waals surface area contributed by atoms with Gasteiger partial charge in [-0.3, -0.25) is 9.59 Å². The van der Waals surface area contributed by atoms with Crippen molar-refractivity contribution in [3.63, 3.8) is 0 Å². The largest absolute Gasteiger partial charge is 0.352 e. The summed E-state index contributed by atoms with van der Waals surface area (Å²) in [5.74, 6) is -0.352. The van der Waals surface area contributed by atoms with Gasteiger partial charge in [0.05, 0.1) is 0 Å². The van der Waals surface area contributed by atoms with Gasteiger partial charge in [-0.2, -0.15) is 0 Å². The number of amides is 2. The molecule has 1 aromatic rings. The summed E-state index contributed by atoms with van der Waals surface area (Å²) in [6.07, 6.45) is 0. The van der Waals surface area contributed by atoms with E-state index in [9.17, 15) is 9.59 Å². The summed E-state index contributed by atoms with van der Waals surface area (Å²) < 4.78 is 0. The molecule has 5 nitrogen and oxygen atoms in total. The van der Waals surface area contributed by atoms with Crippen molar-refractivity contribution >= 4 is 17.5 Å². The minimum atomic E-state index is -0.196. The predicted octanol–water partition coefficient (Wildman–Crippen LogP) is 1.49. The number of carbonyl (C=O) groups is 2. The number of hydrogen-bond acceptors (Lipinski definition) is 3. The molecule has 0 aromatic heterocycles. The number of nitrogens with two attached hydrogens (primary N) is 1. The Hall–Kier alpha value is -1.88. The normalized spacial score (nSPS) is 12.1. The number of hydrogen-bond donors (Lipinski definition) is 3. The van der Waals surface area contributed by atoms with Gasteiger partial charge in [0, 0.05) is 30.6 Å². The highest BCUT2D eigenvalue weighted by atomic mass is 16.2. The first-order valence-electron chi connectivity index (χ1n) is 6.81. The van der Waals surface area contributed by atoms with Gasteiger partial charge in [-0.05, 0) is 17.7 Å². The minimum Gasteiger partial charge on any atom is -0.352 e. The van der Waals surface area contributed by atoms with E-state index in [2.05, 4.69) is 10.6 Å². The standard InChI is InChI=1S/C15H23N3O2/c1-10(2)14(19)18-13-6-4-5-12(7-13)9-17-15(20)11(3)8-16/h4-7,10-11H,8-9,16H2,1-3H3,(H,17,20)(H,18,19). The van der Waals surface area contributed by atoms with Crippen molar-refractivity contribution in [1.29, 1.82) is 0 Å². The van der Waals surface area contributed by atoms with Crippen LogP contribution in [0.15, 0.2) is 24.3 Å². The quantitative estimate of drug-likeness (QED) is 0.736. The van der Waals surface area contributed by atoms with Crippen molar-refractivity contribution in [2.24, 2.45) is 17.6 Å². The Kier molecular flexibility index (Phi) is 6.18. The molecule has 110 valence electrons. The molecule has 1 rings (SSSR count). The zero-order chi connectivity index (χ0) is 15.1. The maximum atomic E-state index is 11.6. The number of anilines is 1. The SMILES string of the molecule is CC(C)C(=O)Nc1cccc(CNC(=O)C(C)CN)c1. The molecular formula is C15H23N3O2. The lowest BCUT2D eigenvalue weighted by atomic mass is 10.1. The van der Waals surface area contributed by atoms with E-state index in [1.165, 1.54) is 0 Å². The minimum absolute atomic E-state index is 0.0251. The van der Waals surface area contributed by atoms with Crippen LogP contribution in [0.5, 0.6) is 0 Å². The molecule has 0 heterocycles. The van der Waals surface area contributed by atoms with Crippen LogP contribution in [0.3, 0.4) is 0 Å². The number of carbonyl (C=O) groups excluding carboxylic acids is 2. The third kappa shape index (κ3) is 5.01. The van der Waals surface area contributed by atoms with Gasteiger partial charge in [-0.15, -0.1) is 0 Å². The molecule has 0 bridgehead atoms. The van der Waals surface area contributed by atoms with Gasteiger partial charge in [0.25, 0.3) is 0 Å². The van der Waals surface area contributed by atoms with Crippen LogP contribution in [-0.4, -0.2) is 18.4 Å². The van der Waals surface area contributed by atoms with E-state index < -0.39 is 0 Å². The van der Waals surface area contributed by atoms with Gasteiger partial charge >= 0.3 is 0 Å². The Balaban J connectivity index is 2.60. The van der Waals surface area contributed by atoms with Crippen LogP contribution in [0.2, 0.25) is 0 Å². The summed E-state index contributed by atoms with van der Waals surface area (Å²) in [7, 11) is 0. The molecule has 0 spiro atoms. The van der Waals surface area contributed by atoms with Gasteiger partial charge in [-0.25, -0.2) is 0 Å². The predicted molar refractivity (Wildman–Crippen MR) is 80.0 cm³/mol. The van der Waals surface area contributed by atoms with E-state index in [1.807, 2.05) is 38.1 Å². The van der Waals surface area contributed by atoms with Crippen LogP contribution < -0.4 is 16.4 Å². The van der Waals surface area contributed by atoms with Crippen molar-refractivity contribution in [1.82, 2.24) is 5.32 Å². The van der Waals surface area contributed by atoms with Crippen molar-refractivity contribution in [3.8, 4) is 0 Å². The van der Waals surface area contributed by atoms with E-state index in [-0.39, 0.29) is 23.7 Å². The Morgan fingerprint density at radius 2 is 1.90 bits per heavy atom. The summed E-state index contributed by atoms with van der Waals surface area (Å²) in [6.45, 7) is 6.22. The molecule has 0 fully saturated rings. The zero-order valence-electron chi connectivity index (χ0n) is 12.3. The lowest BCUT2D eigenvalue weighted by Gasteiger charge is -2.12. The Morgan fingerprint density at radius 1 is 1.20 bits per heavy atom. The van der Waals surface area contributed by atoms with E-state index >= 15 is 0 Å². The first-order chi connectivity index (χ1) is 9.43. The topological polar surface area (TPSA) is 84.2 Å². The molecule has 1 unspecified atom stereocenters. The first-order valence-corrected chi connectivity index (χ1v) is 6.81. The van der Waals surface area contributed by atoms with Crippen LogP contribution in [0, 0.1) is 11.8 Å². The summed E-state index contributed by atoms with van der Waals surface area (Å²) in [5.41, 5.74) is 7.11. The highest BCUT2D eigenvalue weighted by Gasteiger charge is 2.10. The smallest absolute Gasteiger partial charge is 0.226 e. The lowest BCUT2D eigenvalue weighted by molar-refractivity contribution is -0.124. The van der Waals surface area contributed by atoms with Gasteiger partial charge in [0.2, 0.25) is 11.8 Å². The van der Waals surface area contributed by atoms with Crippen LogP contribution in [0.25, 0.3) is 0 Å². The number of rotatable bonds is 6. The molecule has 1 aromatic carbocycles. The van der Waals surface area contributed by atoms with E-state index in [0.29, 0.717) is 13.1 Å². The van der Waals surface area contributed by atoms with E-state index in [1.54, 1.807) is 6.92 Å². The molecule has 4 N–H and O–H groups in total. The Bertz CT molecular complexity index is 472. The molecule has 0 aliphatic rings. The van der Waals surface area contributed by atoms with E-state index in [4.69, 9.17) is 5.73 Å². The molecule has 0 saturated heterocycles. The Morgan fingerprint density at radius 3 is 2.50 bits per heavy atom. The van der Waals surface area contributed by atoms with Gasteiger partial charge in [0.15, 0.2) is 0 Å². The van der Waals surface area contributed by atoms with Gasteiger partial charge in [0.1, 0.15) is 0 Å². The molecule has 1 atom stereocenters. The summed E-state index contributed by atoms with van der Waals surface area (Å²) in [5, 5.41) is 5.65. The maximum Gasteiger partial charge on any atom is 0.226 e. The molecule has 5 heteroatoms. The van der Waals surface area contributed by atoms with Crippen LogP contribution in [-0.2, 0) is 16.1 Å². The summed E-state index contributed by atoms with van der Waals surface area (Å²) >= 11 is 0. The molecule has 2 amide bonds.